The third-order valence-electron chi connectivity index (χ3n) is 6.09. The fraction of sp³-hybridized carbons (Fsp3) is 0.522. The SMILES string of the molecule is COC(=O)C(C)(CCN1CC=C(c2ccc(C#CC3CNC3)cc2)CC1)S(C)(=O)=O. The Morgan fingerprint density at radius 1 is 1.30 bits per heavy atom. The lowest BCUT2D eigenvalue weighted by Gasteiger charge is -2.31. The van der Waals surface area contributed by atoms with Gasteiger partial charge in [0.2, 0.25) is 0 Å². The van der Waals surface area contributed by atoms with Crippen molar-refractivity contribution >= 4 is 21.4 Å². The second-order valence-electron chi connectivity index (χ2n) is 8.23. The topological polar surface area (TPSA) is 75.7 Å². The molecular formula is C23H30N2O4S. The molecule has 0 spiro atoms. The van der Waals surface area contributed by atoms with Crippen molar-refractivity contribution < 1.29 is 17.9 Å². The van der Waals surface area contributed by atoms with Crippen LogP contribution in [0.25, 0.3) is 5.57 Å². The van der Waals surface area contributed by atoms with Gasteiger partial charge in [-0.15, -0.1) is 0 Å². The standard InChI is InChI=1S/C23H30N2O4S/c1-23(22(26)29-2,30(3,27)28)12-15-25-13-10-21(11-14-25)20-8-6-18(7-9-20)4-5-19-16-24-17-19/h6-10,19,24H,11-17H2,1-3H3. The highest BCUT2D eigenvalue weighted by Crippen LogP contribution is 2.26. The van der Waals surface area contributed by atoms with E-state index in [9.17, 15) is 13.2 Å². The number of rotatable bonds is 6. The van der Waals surface area contributed by atoms with Crippen LogP contribution in [0.1, 0.15) is 30.9 Å². The van der Waals surface area contributed by atoms with Crippen LogP contribution >= 0.6 is 0 Å². The molecule has 1 aromatic rings. The number of methoxy groups -OCH3 is 1. The minimum absolute atomic E-state index is 0.214. The summed E-state index contributed by atoms with van der Waals surface area (Å²) in [5, 5.41) is 3.22. The van der Waals surface area contributed by atoms with Gasteiger partial charge in [0.05, 0.1) is 7.11 Å². The van der Waals surface area contributed by atoms with Crippen molar-refractivity contribution in [1.82, 2.24) is 10.2 Å². The maximum Gasteiger partial charge on any atom is 0.326 e. The highest BCUT2D eigenvalue weighted by molar-refractivity contribution is 7.92. The van der Waals surface area contributed by atoms with Gasteiger partial charge in [-0.05, 0) is 43.0 Å². The Morgan fingerprint density at radius 2 is 2.00 bits per heavy atom. The van der Waals surface area contributed by atoms with Crippen LogP contribution in [0.3, 0.4) is 0 Å². The second kappa shape index (κ2) is 9.34. The molecule has 1 N–H and O–H groups in total. The molecule has 1 saturated heterocycles. The number of carbonyl (C=O) groups is 1. The zero-order valence-corrected chi connectivity index (χ0v) is 18.7. The maximum atomic E-state index is 12.2. The van der Waals surface area contributed by atoms with E-state index in [1.54, 1.807) is 0 Å². The smallest absolute Gasteiger partial charge is 0.326 e. The van der Waals surface area contributed by atoms with E-state index in [4.69, 9.17) is 4.74 Å². The molecule has 1 fully saturated rings. The lowest BCUT2D eigenvalue weighted by molar-refractivity contribution is -0.143. The maximum absolute atomic E-state index is 12.2. The van der Waals surface area contributed by atoms with Crippen LogP contribution in [0.15, 0.2) is 30.3 Å². The van der Waals surface area contributed by atoms with Crippen LogP contribution in [-0.4, -0.2) is 70.1 Å². The fourth-order valence-corrected chi connectivity index (χ4v) is 4.39. The van der Waals surface area contributed by atoms with E-state index in [1.165, 1.54) is 25.2 Å². The van der Waals surface area contributed by atoms with E-state index in [-0.39, 0.29) is 6.42 Å². The zero-order chi connectivity index (χ0) is 21.8. The van der Waals surface area contributed by atoms with E-state index in [0.29, 0.717) is 12.5 Å². The molecule has 162 valence electrons. The lowest BCUT2D eigenvalue weighted by Crippen LogP contribution is -2.46. The largest absolute Gasteiger partial charge is 0.468 e. The van der Waals surface area contributed by atoms with E-state index >= 15 is 0 Å². The van der Waals surface area contributed by atoms with Gasteiger partial charge in [-0.3, -0.25) is 9.69 Å². The lowest BCUT2D eigenvalue weighted by atomic mass is 9.97. The number of carbonyl (C=O) groups excluding carboxylic acids is 1. The molecule has 7 heteroatoms. The molecule has 0 radical (unpaired) electrons. The van der Waals surface area contributed by atoms with E-state index < -0.39 is 20.6 Å². The molecule has 30 heavy (non-hydrogen) atoms. The predicted molar refractivity (Wildman–Crippen MR) is 119 cm³/mol. The van der Waals surface area contributed by atoms with Gasteiger partial charge in [0.1, 0.15) is 0 Å². The summed E-state index contributed by atoms with van der Waals surface area (Å²) in [5.74, 6) is 6.29. The van der Waals surface area contributed by atoms with Gasteiger partial charge in [0.25, 0.3) is 0 Å². The van der Waals surface area contributed by atoms with Gasteiger partial charge in [-0.1, -0.05) is 30.0 Å². The van der Waals surface area contributed by atoms with Crippen molar-refractivity contribution in [1.29, 1.82) is 0 Å². The van der Waals surface area contributed by atoms with E-state index in [1.807, 2.05) is 0 Å². The Hall–Kier alpha value is -2.14. The molecule has 3 rings (SSSR count). The molecule has 0 saturated carbocycles. The van der Waals surface area contributed by atoms with Crippen molar-refractivity contribution in [2.75, 3.05) is 46.1 Å². The molecule has 2 aliphatic heterocycles. The van der Waals surface area contributed by atoms with Crippen LogP contribution in [0.4, 0.5) is 0 Å². The first-order valence-corrected chi connectivity index (χ1v) is 12.1. The Labute approximate surface area is 179 Å². The molecule has 2 aliphatic rings. The Balaban J connectivity index is 1.58. The summed E-state index contributed by atoms with van der Waals surface area (Å²) in [6.07, 6.45) is 4.37. The Kier molecular flexibility index (Phi) is 7.02. The summed E-state index contributed by atoms with van der Waals surface area (Å²) in [4.78, 5) is 14.2. The van der Waals surface area contributed by atoms with Crippen LogP contribution in [-0.2, 0) is 19.4 Å². The van der Waals surface area contributed by atoms with Gasteiger partial charge in [-0.25, -0.2) is 8.42 Å². The van der Waals surface area contributed by atoms with Crippen LogP contribution < -0.4 is 5.32 Å². The molecular weight excluding hydrogens is 400 g/mol. The average molecular weight is 431 g/mol. The monoisotopic (exact) mass is 430 g/mol. The summed E-state index contributed by atoms with van der Waals surface area (Å²) < 4.78 is 27.5. The molecule has 0 amide bonds. The van der Waals surface area contributed by atoms with E-state index in [2.05, 4.69) is 52.4 Å². The summed E-state index contributed by atoms with van der Waals surface area (Å²) in [6.45, 7) is 5.49. The molecule has 2 heterocycles. The van der Waals surface area contributed by atoms with Gasteiger partial charge >= 0.3 is 5.97 Å². The number of ether oxygens (including phenoxy) is 1. The molecule has 0 bridgehead atoms. The van der Waals surface area contributed by atoms with E-state index in [0.717, 1.165) is 44.4 Å². The van der Waals surface area contributed by atoms with Crippen molar-refractivity contribution in [3.05, 3.63) is 41.5 Å². The molecule has 1 atom stereocenters. The number of nitrogens with one attached hydrogen (secondary N) is 1. The third kappa shape index (κ3) is 5.12. The summed E-state index contributed by atoms with van der Waals surface area (Å²) in [6, 6.07) is 8.36. The predicted octanol–water partition coefficient (Wildman–Crippen LogP) is 1.71. The Bertz CT molecular complexity index is 969. The first-order chi connectivity index (χ1) is 14.2. The number of nitrogens with zero attached hydrogens (tertiary/aromatic N) is 1. The van der Waals surface area contributed by atoms with Gasteiger partial charge < -0.3 is 10.1 Å². The summed E-state index contributed by atoms with van der Waals surface area (Å²) in [7, 11) is -2.35. The van der Waals surface area contributed by atoms with Crippen LogP contribution in [0, 0.1) is 17.8 Å². The number of hydrogen-bond donors (Lipinski definition) is 1. The summed E-state index contributed by atoms with van der Waals surface area (Å²) >= 11 is 0. The second-order valence-corrected chi connectivity index (χ2v) is 10.7. The minimum atomic E-state index is -3.57. The first kappa shape index (κ1) is 22.5. The van der Waals surface area contributed by atoms with Gasteiger partial charge in [0, 0.05) is 50.5 Å². The normalized spacial score (nSPS) is 19.6. The van der Waals surface area contributed by atoms with Crippen molar-refractivity contribution in [3.8, 4) is 11.8 Å². The third-order valence-corrected chi connectivity index (χ3v) is 8.10. The van der Waals surface area contributed by atoms with Crippen molar-refractivity contribution in [2.24, 2.45) is 5.92 Å². The number of benzene rings is 1. The first-order valence-electron chi connectivity index (χ1n) is 10.2. The van der Waals surface area contributed by atoms with Crippen molar-refractivity contribution in [2.45, 2.75) is 24.5 Å². The van der Waals surface area contributed by atoms with Gasteiger partial charge in [-0.2, -0.15) is 0 Å². The molecule has 6 nitrogen and oxygen atoms in total. The van der Waals surface area contributed by atoms with Gasteiger partial charge in [0.15, 0.2) is 14.6 Å². The Morgan fingerprint density at radius 3 is 2.50 bits per heavy atom. The fourth-order valence-electron chi connectivity index (χ4n) is 3.55. The molecule has 0 aliphatic carbocycles. The summed E-state index contributed by atoms with van der Waals surface area (Å²) in [5.41, 5.74) is 3.51. The van der Waals surface area contributed by atoms with Crippen molar-refractivity contribution in [3.63, 3.8) is 0 Å². The zero-order valence-electron chi connectivity index (χ0n) is 17.9. The number of esters is 1. The quantitative estimate of drug-likeness (QED) is 0.547. The van der Waals surface area contributed by atoms with Crippen LogP contribution in [0.5, 0.6) is 0 Å². The average Bonchev–Trinajstić information content (AvgIpc) is 2.70. The highest BCUT2D eigenvalue weighted by Gasteiger charge is 2.44. The minimum Gasteiger partial charge on any atom is -0.468 e. The molecule has 0 aromatic heterocycles. The molecule has 1 unspecified atom stereocenters. The molecule has 1 aromatic carbocycles. The van der Waals surface area contributed by atoms with Crippen LogP contribution in [0.2, 0.25) is 0 Å². The number of hydrogen-bond acceptors (Lipinski definition) is 6. The number of sulfone groups is 1. The highest BCUT2D eigenvalue weighted by atomic mass is 32.2.